The zero-order valence-electron chi connectivity index (χ0n) is 12.8. The topological polar surface area (TPSA) is 53.6 Å². The number of halogens is 5. The van der Waals surface area contributed by atoms with E-state index in [1.165, 1.54) is 7.05 Å². The third-order valence-corrected chi connectivity index (χ3v) is 3.57. The van der Waals surface area contributed by atoms with Gasteiger partial charge in [-0.05, 0) is 31.7 Å². The van der Waals surface area contributed by atoms with Gasteiger partial charge < -0.3 is 11.1 Å². The van der Waals surface area contributed by atoms with Crippen molar-refractivity contribution < 1.29 is 13.2 Å². The SMILES string of the molecule is CC(NC(N)=NCCN(C)CC(F)(F)F)c1ccc(Cl)cc1Cl. The van der Waals surface area contributed by atoms with Crippen molar-refractivity contribution in [3.63, 3.8) is 0 Å². The van der Waals surface area contributed by atoms with Crippen molar-refractivity contribution in [2.75, 3.05) is 26.7 Å². The van der Waals surface area contributed by atoms with Crippen LogP contribution < -0.4 is 11.1 Å². The van der Waals surface area contributed by atoms with Crippen molar-refractivity contribution in [2.45, 2.75) is 19.1 Å². The van der Waals surface area contributed by atoms with Crippen LogP contribution in [-0.4, -0.2) is 43.7 Å². The fourth-order valence-electron chi connectivity index (χ4n) is 1.92. The number of hydrogen-bond acceptors (Lipinski definition) is 2. The van der Waals surface area contributed by atoms with Crippen LogP contribution in [0.25, 0.3) is 0 Å². The molecule has 0 amide bonds. The van der Waals surface area contributed by atoms with Gasteiger partial charge in [-0.1, -0.05) is 29.3 Å². The lowest BCUT2D eigenvalue weighted by Crippen LogP contribution is -2.36. The van der Waals surface area contributed by atoms with E-state index in [-0.39, 0.29) is 25.1 Å². The Morgan fingerprint density at radius 3 is 2.61 bits per heavy atom. The highest BCUT2D eigenvalue weighted by Crippen LogP contribution is 2.25. The van der Waals surface area contributed by atoms with Crippen molar-refractivity contribution in [2.24, 2.45) is 10.7 Å². The summed E-state index contributed by atoms with van der Waals surface area (Å²) in [6.45, 7) is 1.17. The minimum atomic E-state index is -4.22. The summed E-state index contributed by atoms with van der Waals surface area (Å²) in [5, 5.41) is 3.96. The van der Waals surface area contributed by atoms with Gasteiger partial charge in [-0.15, -0.1) is 0 Å². The minimum Gasteiger partial charge on any atom is -0.370 e. The van der Waals surface area contributed by atoms with Crippen LogP contribution in [0.3, 0.4) is 0 Å². The fourth-order valence-corrected chi connectivity index (χ4v) is 2.50. The molecule has 0 aliphatic rings. The molecule has 0 aromatic heterocycles. The molecular formula is C14H19Cl2F3N4. The highest BCUT2D eigenvalue weighted by molar-refractivity contribution is 6.35. The first kappa shape index (κ1) is 19.9. The van der Waals surface area contributed by atoms with Crippen molar-refractivity contribution in [1.29, 1.82) is 0 Å². The van der Waals surface area contributed by atoms with E-state index in [1.807, 2.05) is 6.92 Å². The minimum absolute atomic E-state index is 0.143. The molecule has 1 aromatic carbocycles. The van der Waals surface area contributed by atoms with Crippen LogP contribution in [-0.2, 0) is 0 Å². The van der Waals surface area contributed by atoms with Gasteiger partial charge in [-0.25, -0.2) is 0 Å². The molecule has 0 saturated heterocycles. The highest BCUT2D eigenvalue weighted by Gasteiger charge is 2.28. The van der Waals surface area contributed by atoms with Crippen molar-refractivity contribution in [3.05, 3.63) is 33.8 Å². The Labute approximate surface area is 143 Å². The predicted molar refractivity (Wildman–Crippen MR) is 88.1 cm³/mol. The summed E-state index contributed by atoms with van der Waals surface area (Å²) in [4.78, 5) is 5.15. The monoisotopic (exact) mass is 370 g/mol. The van der Waals surface area contributed by atoms with Crippen molar-refractivity contribution >= 4 is 29.2 Å². The molecule has 0 heterocycles. The molecular weight excluding hydrogens is 352 g/mol. The van der Waals surface area contributed by atoms with Crippen molar-refractivity contribution in [3.8, 4) is 0 Å². The average molecular weight is 371 g/mol. The quantitative estimate of drug-likeness (QED) is 0.595. The van der Waals surface area contributed by atoms with E-state index in [9.17, 15) is 13.2 Å². The number of nitrogens with two attached hydrogens (primary N) is 1. The highest BCUT2D eigenvalue weighted by atomic mass is 35.5. The zero-order valence-corrected chi connectivity index (χ0v) is 14.3. The van der Waals surface area contributed by atoms with E-state index in [0.29, 0.717) is 10.0 Å². The Kier molecular flexibility index (Phi) is 7.44. The fraction of sp³-hybridized carbons (Fsp3) is 0.500. The number of nitrogens with one attached hydrogen (secondary N) is 1. The Bertz CT molecular complexity index is 549. The molecule has 1 atom stereocenters. The van der Waals surface area contributed by atoms with E-state index in [0.717, 1.165) is 10.5 Å². The summed E-state index contributed by atoms with van der Waals surface area (Å²) in [6, 6.07) is 4.89. The largest absolute Gasteiger partial charge is 0.401 e. The molecule has 0 fully saturated rings. The molecule has 0 saturated carbocycles. The maximum Gasteiger partial charge on any atom is 0.401 e. The number of benzene rings is 1. The van der Waals surface area contributed by atoms with Gasteiger partial charge in [0.05, 0.1) is 19.1 Å². The second kappa shape index (κ2) is 8.61. The molecule has 130 valence electrons. The van der Waals surface area contributed by atoms with Crippen LogP contribution in [0.15, 0.2) is 23.2 Å². The molecule has 0 radical (unpaired) electrons. The third-order valence-electron chi connectivity index (χ3n) is 3.01. The van der Waals surface area contributed by atoms with Crippen LogP contribution in [0.1, 0.15) is 18.5 Å². The molecule has 23 heavy (non-hydrogen) atoms. The number of aliphatic imine (C=N–C) groups is 1. The lowest BCUT2D eigenvalue weighted by atomic mass is 10.1. The van der Waals surface area contributed by atoms with Gasteiger partial charge in [0.1, 0.15) is 0 Å². The summed E-state index contributed by atoms with van der Waals surface area (Å²) >= 11 is 11.9. The number of nitrogens with zero attached hydrogens (tertiary/aromatic N) is 2. The Morgan fingerprint density at radius 1 is 1.39 bits per heavy atom. The molecule has 0 bridgehead atoms. The van der Waals surface area contributed by atoms with Gasteiger partial charge in [0.25, 0.3) is 0 Å². The molecule has 1 aromatic rings. The molecule has 0 spiro atoms. The molecule has 4 nitrogen and oxygen atoms in total. The Balaban J connectivity index is 2.50. The van der Waals surface area contributed by atoms with E-state index in [2.05, 4.69) is 10.3 Å². The van der Waals surface area contributed by atoms with Gasteiger partial charge in [-0.2, -0.15) is 13.2 Å². The first-order chi connectivity index (χ1) is 10.6. The molecule has 1 unspecified atom stereocenters. The van der Waals surface area contributed by atoms with Crippen LogP contribution in [0.5, 0.6) is 0 Å². The molecule has 3 N–H and O–H groups in total. The van der Waals surface area contributed by atoms with E-state index in [1.54, 1.807) is 18.2 Å². The Hall–Kier alpha value is -1.18. The lowest BCUT2D eigenvalue weighted by Gasteiger charge is -2.18. The molecule has 9 heteroatoms. The van der Waals surface area contributed by atoms with Crippen LogP contribution in [0, 0.1) is 0 Å². The molecule has 0 aliphatic heterocycles. The van der Waals surface area contributed by atoms with E-state index in [4.69, 9.17) is 28.9 Å². The first-order valence-electron chi connectivity index (χ1n) is 6.85. The second-order valence-electron chi connectivity index (χ2n) is 5.15. The number of likely N-dealkylation sites (N-methyl/N-ethyl adjacent to an activating group) is 1. The molecule has 0 aliphatic carbocycles. The van der Waals surface area contributed by atoms with E-state index < -0.39 is 12.7 Å². The third kappa shape index (κ3) is 7.76. The van der Waals surface area contributed by atoms with Gasteiger partial charge in [0.2, 0.25) is 0 Å². The normalized spacial score (nSPS) is 14.2. The van der Waals surface area contributed by atoms with Gasteiger partial charge in [0.15, 0.2) is 5.96 Å². The van der Waals surface area contributed by atoms with Crippen LogP contribution in [0.4, 0.5) is 13.2 Å². The summed E-state index contributed by atoms with van der Waals surface area (Å²) in [5.74, 6) is 0.143. The van der Waals surface area contributed by atoms with Crippen molar-refractivity contribution in [1.82, 2.24) is 10.2 Å². The zero-order chi connectivity index (χ0) is 17.6. The summed E-state index contributed by atoms with van der Waals surface area (Å²) in [5.41, 5.74) is 6.53. The summed E-state index contributed by atoms with van der Waals surface area (Å²) in [7, 11) is 1.38. The first-order valence-corrected chi connectivity index (χ1v) is 7.61. The van der Waals surface area contributed by atoms with Crippen LogP contribution in [0.2, 0.25) is 10.0 Å². The standard InChI is InChI=1S/C14H19Cl2F3N4/c1-9(11-4-3-10(15)7-12(11)16)22-13(20)21-5-6-23(2)8-14(17,18)19/h3-4,7,9H,5-6,8H2,1-2H3,(H3,20,21,22). The molecule has 1 rings (SSSR count). The summed E-state index contributed by atoms with van der Waals surface area (Å²) in [6.07, 6.45) is -4.22. The average Bonchev–Trinajstić information content (AvgIpc) is 2.35. The van der Waals surface area contributed by atoms with Crippen LogP contribution >= 0.6 is 23.2 Å². The number of rotatable bonds is 6. The predicted octanol–water partition coefficient (Wildman–Crippen LogP) is 3.45. The van der Waals surface area contributed by atoms with E-state index >= 15 is 0 Å². The second-order valence-corrected chi connectivity index (χ2v) is 6.00. The number of alkyl halides is 3. The van der Waals surface area contributed by atoms with Gasteiger partial charge >= 0.3 is 6.18 Å². The maximum absolute atomic E-state index is 12.2. The summed E-state index contributed by atoms with van der Waals surface area (Å²) < 4.78 is 36.5. The maximum atomic E-state index is 12.2. The lowest BCUT2D eigenvalue weighted by molar-refractivity contribution is -0.142. The van der Waals surface area contributed by atoms with Gasteiger partial charge in [-0.3, -0.25) is 9.89 Å². The number of guanidine groups is 1. The van der Waals surface area contributed by atoms with Gasteiger partial charge in [0, 0.05) is 16.6 Å². The Morgan fingerprint density at radius 2 is 2.04 bits per heavy atom. The number of hydrogen-bond donors (Lipinski definition) is 2. The smallest absolute Gasteiger partial charge is 0.370 e.